The first-order chi connectivity index (χ1) is 9.43. The predicted octanol–water partition coefficient (Wildman–Crippen LogP) is 5.37. The van der Waals surface area contributed by atoms with Gasteiger partial charge < -0.3 is 4.74 Å². The van der Waals surface area contributed by atoms with Gasteiger partial charge in [-0.2, -0.15) is 0 Å². The smallest absolute Gasteiger partial charge is 0.141 e. The summed E-state index contributed by atoms with van der Waals surface area (Å²) in [5.41, 5.74) is 1.20. The highest BCUT2D eigenvalue weighted by Crippen LogP contribution is 2.20. The van der Waals surface area contributed by atoms with Gasteiger partial charge in [0.1, 0.15) is 18.3 Å². The monoisotopic (exact) mass is 288 g/mol. The second kappa shape index (κ2) is 10.5. The fourth-order valence-corrected chi connectivity index (χ4v) is 1.46. The minimum atomic E-state index is -1.22. The molecule has 0 heterocycles. The Balaban J connectivity index is 4.36. The Labute approximate surface area is 119 Å². The Morgan fingerprint density at radius 2 is 1.65 bits per heavy atom. The van der Waals surface area contributed by atoms with Gasteiger partial charge in [0.2, 0.25) is 0 Å². The summed E-state index contributed by atoms with van der Waals surface area (Å²) >= 11 is 0. The fourth-order valence-electron chi connectivity index (χ4n) is 1.46. The maximum Gasteiger partial charge on any atom is 0.141 e. The fraction of sp³-hybridized carbons (Fsp3) is 0.500. The quantitative estimate of drug-likeness (QED) is 0.431. The topological polar surface area (TPSA) is 9.23 Å². The van der Waals surface area contributed by atoms with Gasteiger partial charge in [0.05, 0.1) is 13.2 Å². The number of hydrogen-bond donors (Lipinski definition) is 0. The van der Waals surface area contributed by atoms with Crippen molar-refractivity contribution in [2.24, 2.45) is 0 Å². The van der Waals surface area contributed by atoms with Crippen LogP contribution in [0.25, 0.3) is 0 Å². The van der Waals surface area contributed by atoms with Crippen LogP contribution in [0.4, 0.5) is 13.2 Å². The molecular weight excluding hydrogens is 265 g/mol. The summed E-state index contributed by atoms with van der Waals surface area (Å²) in [5.74, 6) is -1.53. The van der Waals surface area contributed by atoms with Gasteiger partial charge in [-0.25, -0.2) is 13.2 Å². The molecule has 4 heteroatoms. The van der Waals surface area contributed by atoms with E-state index >= 15 is 0 Å². The van der Waals surface area contributed by atoms with Gasteiger partial charge >= 0.3 is 0 Å². The molecule has 0 amide bonds. The van der Waals surface area contributed by atoms with Crippen LogP contribution in [0, 0.1) is 0 Å². The summed E-state index contributed by atoms with van der Waals surface area (Å²) in [7, 11) is 0. The van der Waals surface area contributed by atoms with E-state index in [9.17, 15) is 13.2 Å². The maximum atomic E-state index is 13.6. The molecule has 0 saturated carbocycles. The number of alkyl halides is 1. The zero-order chi connectivity index (χ0) is 15.5. The zero-order valence-corrected chi connectivity index (χ0v) is 12.6. The molecule has 0 aromatic rings. The third-order valence-corrected chi connectivity index (χ3v) is 2.84. The molecule has 0 fully saturated rings. The molecule has 0 aliphatic rings. The Bertz CT molecular complexity index is 417. The summed E-state index contributed by atoms with van der Waals surface area (Å²) < 4.78 is 43.9. The van der Waals surface area contributed by atoms with Crippen LogP contribution in [0.1, 0.15) is 34.1 Å². The van der Waals surface area contributed by atoms with E-state index in [1.807, 2.05) is 19.9 Å². The molecule has 0 unspecified atom stereocenters. The standard InChI is InChI=1S/C16H23F3O/c1-5-7-12(2)8-6-9-20-11-16(19)14(4)13(3)15(18)10-17/h6-8H,5,9-11H2,1-4H3/b8-6-,12-7-,15-13+,16-14+. The SMILES string of the molecule is CC/C=C(C)\C=C/COC/C(F)=C(C)\C(C)=C(\F)CF. The van der Waals surface area contributed by atoms with E-state index in [1.165, 1.54) is 13.8 Å². The van der Waals surface area contributed by atoms with Crippen molar-refractivity contribution in [2.45, 2.75) is 34.1 Å². The van der Waals surface area contributed by atoms with Gasteiger partial charge in [0.15, 0.2) is 0 Å². The van der Waals surface area contributed by atoms with Gasteiger partial charge in [0.25, 0.3) is 0 Å². The Morgan fingerprint density at radius 3 is 2.20 bits per heavy atom. The lowest BCUT2D eigenvalue weighted by molar-refractivity contribution is 0.169. The molecule has 0 aliphatic carbocycles. The molecule has 0 atom stereocenters. The van der Waals surface area contributed by atoms with Crippen molar-refractivity contribution in [3.05, 3.63) is 46.6 Å². The van der Waals surface area contributed by atoms with E-state index in [4.69, 9.17) is 4.74 Å². The van der Waals surface area contributed by atoms with Gasteiger partial charge in [-0.3, -0.25) is 0 Å². The number of allylic oxidation sites excluding steroid dienone is 6. The summed E-state index contributed by atoms with van der Waals surface area (Å²) in [6.07, 6.45) is 6.70. The molecule has 0 aromatic carbocycles. The van der Waals surface area contributed by atoms with E-state index in [2.05, 4.69) is 6.08 Å². The molecule has 114 valence electrons. The van der Waals surface area contributed by atoms with Crippen molar-refractivity contribution in [1.82, 2.24) is 0 Å². The van der Waals surface area contributed by atoms with Crippen LogP contribution in [0.5, 0.6) is 0 Å². The lowest BCUT2D eigenvalue weighted by atomic mass is 10.1. The molecule has 1 nitrogen and oxygen atoms in total. The van der Waals surface area contributed by atoms with Crippen molar-refractivity contribution < 1.29 is 17.9 Å². The van der Waals surface area contributed by atoms with E-state index in [-0.39, 0.29) is 24.4 Å². The van der Waals surface area contributed by atoms with Gasteiger partial charge in [-0.15, -0.1) is 0 Å². The lowest BCUT2D eigenvalue weighted by Gasteiger charge is -2.06. The second-order valence-electron chi connectivity index (χ2n) is 4.47. The van der Waals surface area contributed by atoms with Crippen LogP contribution >= 0.6 is 0 Å². The van der Waals surface area contributed by atoms with Gasteiger partial charge in [0, 0.05) is 0 Å². The molecule has 0 aromatic heterocycles. The molecule has 0 rings (SSSR count). The number of hydrogen-bond acceptors (Lipinski definition) is 1. The van der Waals surface area contributed by atoms with Crippen LogP contribution in [0.15, 0.2) is 46.6 Å². The highest BCUT2D eigenvalue weighted by molar-refractivity contribution is 5.32. The molecule has 20 heavy (non-hydrogen) atoms. The van der Waals surface area contributed by atoms with Crippen LogP contribution in [-0.2, 0) is 4.74 Å². The number of halogens is 3. The summed E-state index contributed by atoms with van der Waals surface area (Å²) in [6.45, 7) is 5.58. The van der Waals surface area contributed by atoms with Crippen LogP contribution in [0.2, 0.25) is 0 Å². The van der Waals surface area contributed by atoms with Crippen LogP contribution in [-0.4, -0.2) is 19.9 Å². The molecule has 0 saturated heterocycles. The summed E-state index contributed by atoms with van der Waals surface area (Å²) in [6, 6.07) is 0. The van der Waals surface area contributed by atoms with Crippen molar-refractivity contribution in [2.75, 3.05) is 19.9 Å². The second-order valence-corrected chi connectivity index (χ2v) is 4.47. The highest BCUT2D eigenvalue weighted by atomic mass is 19.2. The lowest BCUT2D eigenvalue weighted by Crippen LogP contribution is -1.99. The van der Waals surface area contributed by atoms with E-state index < -0.39 is 18.3 Å². The Morgan fingerprint density at radius 1 is 1.05 bits per heavy atom. The van der Waals surface area contributed by atoms with Gasteiger partial charge in [-0.1, -0.05) is 30.7 Å². The summed E-state index contributed by atoms with van der Waals surface area (Å²) in [5, 5.41) is 0. The predicted molar refractivity (Wildman–Crippen MR) is 77.6 cm³/mol. The molecule has 0 radical (unpaired) electrons. The first kappa shape index (κ1) is 18.7. The highest BCUT2D eigenvalue weighted by Gasteiger charge is 2.08. The van der Waals surface area contributed by atoms with Gasteiger partial charge in [-0.05, 0) is 38.3 Å². The number of ether oxygens (including phenoxy) is 1. The van der Waals surface area contributed by atoms with Crippen molar-refractivity contribution in [3.63, 3.8) is 0 Å². The maximum absolute atomic E-state index is 13.6. The third kappa shape index (κ3) is 7.34. The van der Waals surface area contributed by atoms with Crippen molar-refractivity contribution in [1.29, 1.82) is 0 Å². The minimum Gasteiger partial charge on any atom is -0.370 e. The average Bonchev–Trinajstić information content (AvgIpc) is 2.44. The zero-order valence-electron chi connectivity index (χ0n) is 12.6. The number of rotatable bonds is 8. The summed E-state index contributed by atoms with van der Waals surface area (Å²) in [4.78, 5) is 0. The molecule has 0 spiro atoms. The molecule has 0 aliphatic heterocycles. The molecular formula is C16H23F3O. The first-order valence-electron chi connectivity index (χ1n) is 6.61. The normalized spacial score (nSPS) is 15.4. The third-order valence-electron chi connectivity index (χ3n) is 2.84. The van der Waals surface area contributed by atoms with E-state index in [1.54, 1.807) is 6.08 Å². The van der Waals surface area contributed by atoms with Crippen molar-refractivity contribution >= 4 is 0 Å². The van der Waals surface area contributed by atoms with Crippen LogP contribution in [0.3, 0.4) is 0 Å². The Kier molecular flexibility index (Phi) is 9.82. The minimum absolute atomic E-state index is 0.00846. The molecule has 0 bridgehead atoms. The largest absolute Gasteiger partial charge is 0.370 e. The van der Waals surface area contributed by atoms with E-state index in [0.717, 1.165) is 12.0 Å². The first-order valence-corrected chi connectivity index (χ1v) is 6.61. The average molecular weight is 288 g/mol. The van der Waals surface area contributed by atoms with Crippen molar-refractivity contribution in [3.8, 4) is 0 Å². The van der Waals surface area contributed by atoms with Crippen LogP contribution < -0.4 is 0 Å². The Hall–Kier alpha value is -1.29. The molecule has 0 N–H and O–H groups in total. The van der Waals surface area contributed by atoms with E-state index in [0.29, 0.717) is 0 Å².